The number of fused-ring (bicyclic) bond motifs is 1. The molecule has 1 aromatic carbocycles. The molecule has 0 aliphatic heterocycles. The van der Waals surface area contributed by atoms with E-state index in [1.807, 2.05) is 19.1 Å². The number of carboxylic acid groups (broad SMARTS) is 1. The van der Waals surface area contributed by atoms with Gasteiger partial charge in [0.15, 0.2) is 0 Å². The Balaban J connectivity index is 2.09. The van der Waals surface area contributed by atoms with E-state index in [1.54, 1.807) is 24.7 Å². The van der Waals surface area contributed by atoms with Crippen LogP contribution in [0.25, 0.3) is 21.9 Å². The summed E-state index contributed by atoms with van der Waals surface area (Å²) in [6.45, 7) is 2.46. The molecule has 0 bridgehead atoms. The summed E-state index contributed by atoms with van der Waals surface area (Å²) in [5.74, 6) is 0.384. The quantitative estimate of drug-likeness (QED) is 0.549. The van der Waals surface area contributed by atoms with Gasteiger partial charge in [-0.15, -0.1) is 0 Å². The molecule has 2 aromatic heterocycles. The Morgan fingerprint density at radius 2 is 1.85 bits per heavy atom. The van der Waals surface area contributed by atoms with Gasteiger partial charge in [0.2, 0.25) is 0 Å². The van der Waals surface area contributed by atoms with Crippen LogP contribution >= 0.6 is 0 Å². The van der Waals surface area contributed by atoms with Gasteiger partial charge in [-0.1, -0.05) is 12.1 Å². The number of nitrogens with zero attached hydrogens (tertiary/aromatic N) is 3. The third-order valence-electron chi connectivity index (χ3n) is 3.87. The number of hydrogen-bond donors (Lipinski definition) is 4. The first kappa shape index (κ1) is 18.1. The number of carbonyl (C=O) groups is 2. The molecule has 3 aromatic rings. The molecule has 0 unspecified atom stereocenters. The van der Waals surface area contributed by atoms with E-state index in [4.69, 9.17) is 5.11 Å². The van der Waals surface area contributed by atoms with Gasteiger partial charge < -0.3 is 15.7 Å². The summed E-state index contributed by atoms with van der Waals surface area (Å²) in [6, 6.07) is 5.10. The van der Waals surface area contributed by atoms with Crippen LogP contribution < -0.4 is 16.0 Å². The van der Waals surface area contributed by atoms with Gasteiger partial charge in [0.25, 0.3) is 0 Å². The average molecular weight is 366 g/mol. The Morgan fingerprint density at radius 1 is 1.07 bits per heavy atom. The highest BCUT2D eigenvalue weighted by Gasteiger charge is 2.12. The molecule has 0 saturated heterocycles. The molecule has 0 saturated carbocycles. The Hall–Kier alpha value is -3.75. The number of pyridine rings is 1. The fourth-order valence-corrected chi connectivity index (χ4v) is 2.70. The summed E-state index contributed by atoms with van der Waals surface area (Å²) >= 11 is 0. The van der Waals surface area contributed by atoms with Crippen LogP contribution in [0, 0.1) is 0 Å². The number of anilines is 1. The molecule has 0 fully saturated rings. The molecule has 4 N–H and O–H groups in total. The molecule has 2 heterocycles. The second kappa shape index (κ2) is 8.09. The molecule has 3 rings (SSSR count). The second-order valence-electron chi connectivity index (χ2n) is 5.66. The molecule has 9 nitrogen and oxygen atoms in total. The largest absolute Gasteiger partial charge is 0.465 e. The van der Waals surface area contributed by atoms with Crippen LogP contribution in [-0.4, -0.2) is 38.7 Å². The normalized spacial score (nSPS) is 10.4. The van der Waals surface area contributed by atoms with Gasteiger partial charge in [0.1, 0.15) is 12.1 Å². The highest BCUT2D eigenvalue weighted by Crippen LogP contribution is 2.31. The first-order valence-corrected chi connectivity index (χ1v) is 8.27. The van der Waals surface area contributed by atoms with E-state index >= 15 is 0 Å². The zero-order valence-corrected chi connectivity index (χ0v) is 14.6. The van der Waals surface area contributed by atoms with Crippen molar-refractivity contribution in [3.8, 4) is 11.1 Å². The standard InChI is InChI=1S/C18H18N6O3/c1-2-21-17(25)24-16-5-14-13(12-6-19-10-20-7-12)4-3-11(8-23-18(26)27)15(14)9-22-16/h3-7,9-10,23H,2,8H2,1H3,(H,26,27)(H2,21,22,24,25). The lowest BCUT2D eigenvalue weighted by Gasteiger charge is -2.13. The van der Waals surface area contributed by atoms with Gasteiger partial charge in [-0.05, 0) is 29.5 Å². The molecule has 0 atom stereocenters. The minimum atomic E-state index is -1.11. The smallest absolute Gasteiger partial charge is 0.404 e. The Kier molecular flexibility index (Phi) is 5.41. The summed E-state index contributed by atoms with van der Waals surface area (Å²) in [5, 5.41) is 18.1. The van der Waals surface area contributed by atoms with Crippen LogP contribution in [0.3, 0.4) is 0 Å². The van der Waals surface area contributed by atoms with Crippen molar-refractivity contribution >= 4 is 28.7 Å². The zero-order valence-electron chi connectivity index (χ0n) is 14.6. The summed E-state index contributed by atoms with van der Waals surface area (Å²) in [7, 11) is 0. The molecule has 3 amide bonds. The maximum absolute atomic E-state index is 11.8. The maximum atomic E-state index is 11.8. The van der Waals surface area contributed by atoms with Gasteiger partial charge in [-0.2, -0.15) is 0 Å². The molecule has 9 heteroatoms. The van der Waals surface area contributed by atoms with Gasteiger partial charge >= 0.3 is 12.1 Å². The molecule has 0 aliphatic carbocycles. The van der Waals surface area contributed by atoms with Crippen LogP contribution in [0.2, 0.25) is 0 Å². The van der Waals surface area contributed by atoms with Crippen LogP contribution in [0.1, 0.15) is 12.5 Å². The van der Waals surface area contributed by atoms with Crippen molar-refractivity contribution in [2.45, 2.75) is 13.5 Å². The highest BCUT2D eigenvalue weighted by molar-refractivity contribution is 6.00. The third-order valence-corrected chi connectivity index (χ3v) is 3.87. The Morgan fingerprint density at radius 3 is 2.56 bits per heavy atom. The topological polar surface area (TPSA) is 129 Å². The van der Waals surface area contributed by atoms with Crippen molar-refractivity contribution < 1.29 is 14.7 Å². The van der Waals surface area contributed by atoms with Gasteiger partial charge in [0, 0.05) is 42.6 Å². The van der Waals surface area contributed by atoms with Crippen molar-refractivity contribution in [3.05, 3.63) is 48.7 Å². The zero-order chi connectivity index (χ0) is 19.2. The number of hydrogen-bond acceptors (Lipinski definition) is 5. The van der Waals surface area contributed by atoms with E-state index in [1.165, 1.54) is 6.33 Å². The number of nitrogens with one attached hydrogen (secondary N) is 3. The summed E-state index contributed by atoms with van der Waals surface area (Å²) in [5.41, 5.74) is 2.42. The van der Waals surface area contributed by atoms with E-state index in [2.05, 4.69) is 30.9 Å². The lowest BCUT2D eigenvalue weighted by atomic mass is 9.97. The molecule has 0 aliphatic rings. The lowest BCUT2D eigenvalue weighted by Crippen LogP contribution is -2.28. The van der Waals surface area contributed by atoms with E-state index in [9.17, 15) is 9.59 Å². The fraction of sp³-hybridized carbons (Fsp3) is 0.167. The molecule has 0 radical (unpaired) electrons. The number of carbonyl (C=O) groups excluding carboxylic acids is 1. The fourth-order valence-electron chi connectivity index (χ4n) is 2.70. The molecule has 27 heavy (non-hydrogen) atoms. The second-order valence-corrected chi connectivity index (χ2v) is 5.66. The summed E-state index contributed by atoms with van der Waals surface area (Å²) in [4.78, 5) is 35.0. The number of rotatable bonds is 5. The minimum Gasteiger partial charge on any atom is -0.465 e. The van der Waals surface area contributed by atoms with E-state index in [0.29, 0.717) is 12.4 Å². The van der Waals surface area contributed by atoms with Crippen LogP contribution in [0.15, 0.2) is 43.1 Å². The van der Waals surface area contributed by atoms with Gasteiger partial charge in [0.05, 0.1) is 0 Å². The van der Waals surface area contributed by atoms with Gasteiger partial charge in [-0.25, -0.2) is 24.5 Å². The average Bonchev–Trinajstić information content (AvgIpc) is 2.66. The summed E-state index contributed by atoms with van der Waals surface area (Å²) in [6.07, 6.45) is 5.33. The van der Waals surface area contributed by atoms with E-state index in [-0.39, 0.29) is 12.6 Å². The number of urea groups is 1. The van der Waals surface area contributed by atoms with E-state index in [0.717, 1.165) is 27.5 Å². The van der Waals surface area contributed by atoms with Crippen molar-refractivity contribution in [1.29, 1.82) is 0 Å². The number of benzene rings is 1. The van der Waals surface area contributed by atoms with Crippen LogP contribution in [0.5, 0.6) is 0 Å². The first-order valence-electron chi connectivity index (χ1n) is 8.27. The minimum absolute atomic E-state index is 0.141. The van der Waals surface area contributed by atoms with Crippen LogP contribution in [0.4, 0.5) is 15.4 Å². The number of aromatic nitrogens is 3. The third kappa shape index (κ3) is 4.27. The van der Waals surface area contributed by atoms with Crippen molar-refractivity contribution in [3.63, 3.8) is 0 Å². The SMILES string of the molecule is CCNC(=O)Nc1cc2c(-c3cncnc3)ccc(CNC(=O)O)c2cn1. The van der Waals surface area contributed by atoms with Crippen LogP contribution in [-0.2, 0) is 6.54 Å². The molecular formula is C18H18N6O3. The maximum Gasteiger partial charge on any atom is 0.404 e. The first-order chi connectivity index (χ1) is 13.1. The number of amides is 3. The predicted octanol–water partition coefficient (Wildman–Crippen LogP) is 2.60. The highest BCUT2D eigenvalue weighted by atomic mass is 16.4. The monoisotopic (exact) mass is 366 g/mol. The van der Waals surface area contributed by atoms with E-state index < -0.39 is 6.09 Å². The lowest BCUT2D eigenvalue weighted by molar-refractivity contribution is 0.194. The van der Waals surface area contributed by atoms with Crippen molar-refractivity contribution in [1.82, 2.24) is 25.6 Å². The molecular weight excluding hydrogens is 348 g/mol. The van der Waals surface area contributed by atoms with Crippen molar-refractivity contribution in [2.75, 3.05) is 11.9 Å². The van der Waals surface area contributed by atoms with Gasteiger partial charge in [-0.3, -0.25) is 5.32 Å². The van der Waals surface area contributed by atoms with Crippen molar-refractivity contribution in [2.24, 2.45) is 0 Å². The molecule has 0 spiro atoms. The Bertz CT molecular complexity index is 977. The Labute approximate surface area is 154 Å². The predicted molar refractivity (Wildman–Crippen MR) is 100 cm³/mol. The molecule has 138 valence electrons. The summed E-state index contributed by atoms with van der Waals surface area (Å²) < 4.78 is 0.